The summed E-state index contributed by atoms with van der Waals surface area (Å²) in [6, 6.07) is 11.4. The van der Waals surface area contributed by atoms with Gasteiger partial charge in [-0.2, -0.15) is 0 Å². The van der Waals surface area contributed by atoms with Crippen LogP contribution in [0.1, 0.15) is 34.3 Å². The summed E-state index contributed by atoms with van der Waals surface area (Å²) >= 11 is 0. The number of amides is 3. The van der Waals surface area contributed by atoms with Crippen molar-refractivity contribution in [3.63, 3.8) is 0 Å². The number of likely N-dealkylation sites (tertiary alicyclic amines) is 1. The number of anilines is 1. The first-order chi connectivity index (χ1) is 13.4. The van der Waals surface area contributed by atoms with Gasteiger partial charge in [-0.1, -0.05) is 17.7 Å². The Morgan fingerprint density at radius 3 is 2.43 bits per heavy atom. The van der Waals surface area contributed by atoms with Crippen LogP contribution in [0, 0.1) is 25.6 Å². The van der Waals surface area contributed by atoms with Crippen molar-refractivity contribution < 1.29 is 14.0 Å². The van der Waals surface area contributed by atoms with Crippen LogP contribution in [-0.2, 0) is 0 Å². The number of aryl methyl sites for hydroxylation is 2. The molecule has 1 aliphatic rings. The zero-order chi connectivity index (χ0) is 20.1. The van der Waals surface area contributed by atoms with E-state index in [9.17, 15) is 14.0 Å². The van der Waals surface area contributed by atoms with Gasteiger partial charge in [0.15, 0.2) is 0 Å². The van der Waals surface area contributed by atoms with Crippen LogP contribution in [0.25, 0.3) is 0 Å². The average Bonchev–Trinajstić information content (AvgIpc) is 2.70. The molecule has 0 bridgehead atoms. The van der Waals surface area contributed by atoms with E-state index in [1.165, 1.54) is 12.1 Å². The third-order valence-electron chi connectivity index (χ3n) is 5.19. The van der Waals surface area contributed by atoms with E-state index in [-0.39, 0.29) is 17.8 Å². The molecule has 0 spiro atoms. The Bertz CT molecular complexity index is 843. The topological polar surface area (TPSA) is 61.4 Å². The van der Waals surface area contributed by atoms with Crippen LogP contribution in [0.4, 0.5) is 14.9 Å². The molecule has 0 atom stereocenters. The number of nitrogens with zero attached hydrogens (tertiary/aromatic N) is 1. The molecule has 1 saturated heterocycles. The largest absolute Gasteiger partial charge is 0.352 e. The summed E-state index contributed by atoms with van der Waals surface area (Å²) in [7, 11) is 0. The third kappa shape index (κ3) is 5.09. The number of halogens is 1. The molecule has 1 aliphatic heterocycles. The lowest BCUT2D eigenvalue weighted by Crippen LogP contribution is -2.43. The number of urea groups is 1. The Morgan fingerprint density at radius 2 is 1.75 bits per heavy atom. The number of hydrogen-bond acceptors (Lipinski definition) is 2. The molecule has 0 aliphatic carbocycles. The fourth-order valence-corrected chi connectivity index (χ4v) is 3.39. The van der Waals surface area contributed by atoms with Crippen molar-refractivity contribution in [1.29, 1.82) is 0 Å². The van der Waals surface area contributed by atoms with E-state index in [1.807, 2.05) is 32.0 Å². The molecular formula is C22H26FN3O2. The van der Waals surface area contributed by atoms with Crippen molar-refractivity contribution in [3.05, 3.63) is 65.0 Å². The highest BCUT2D eigenvalue weighted by Gasteiger charge is 2.23. The molecule has 0 radical (unpaired) electrons. The second kappa shape index (κ2) is 8.87. The van der Waals surface area contributed by atoms with Gasteiger partial charge in [0, 0.05) is 30.9 Å². The molecule has 1 heterocycles. The number of benzene rings is 2. The van der Waals surface area contributed by atoms with E-state index < -0.39 is 0 Å². The standard InChI is InChI=1S/C22H26FN3O2/c1-15-3-4-16(2)20(13-15)21(27)24-14-17-9-11-26(12-10-17)22(28)25-19-7-5-18(23)6-8-19/h3-8,13,17H,9-12,14H2,1-2H3,(H,24,27)(H,25,28). The van der Waals surface area contributed by atoms with Crippen molar-refractivity contribution in [2.45, 2.75) is 26.7 Å². The molecular weight excluding hydrogens is 357 g/mol. The zero-order valence-corrected chi connectivity index (χ0v) is 16.3. The lowest BCUT2D eigenvalue weighted by molar-refractivity contribution is 0.0938. The van der Waals surface area contributed by atoms with Gasteiger partial charge in [-0.25, -0.2) is 9.18 Å². The molecule has 0 saturated carbocycles. The van der Waals surface area contributed by atoms with Gasteiger partial charge in [-0.3, -0.25) is 4.79 Å². The number of rotatable bonds is 4. The van der Waals surface area contributed by atoms with Gasteiger partial charge in [0.1, 0.15) is 5.82 Å². The molecule has 3 amide bonds. The second-order valence-electron chi connectivity index (χ2n) is 7.40. The Kier molecular flexibility index (Phi) is 6.29. The fourth-order valence-electron chi connectivity index (χ4n) is 3.39. The predicted octanol–water partition coefficient (Wildman–Crippen LogP) is 4.12. The summed E-state index contributed by atoms with van der Waals surface area (Å²) in [5.74, 6) is -0.0247. The van der Waals surface area contributed by atoms with Gasteiger partial charge < -0.3 is 15.5 Å². The van der Waals surface area contributed by atoms with Gasteiger partial charge in [0.25, 0.3) is 5.91 Å². The van der Waals surface area contributed by atoms with E-state index in [4.69, 9.17) is 0 Å². The number of carbonyl (C=O) groups excluding carboxylic acids is 2. The molecule has 3 rings (SSSR count). The Hall–Kier alpha value is -2.89. The van der Waals surface area contributed by atoms with Crippen molar-refractivity contribution in [2.75, 3.05) is 25.0 Å². The Labute approximate surface area is 164 Å². The number of nitrogens with one attached hydrogen (secondary N) is 2. The Morgan fingerprint density at radius 1 is 1.07 bits per heavy atom. The van der Waals surface area contributed by atoms with Crippen molar-refractivity contribution >= 4 is 17.6 Å². The maximum absolute atomic E-state index is 12.9. The maximum Gasteiger partial charge on any atom is 0.321 e. The highest BCUT2D eigenvalue weighted by Crippen LogP contribution is 2.18. The first-order valence-corrected chi connectivity index (χ1v) is 9.59. The molecule has 6 heteroatoms. The van der Waals surface area contributed by atoms with Crippen LogP contribution in [0.2, 0.25) is 0 Å². The second-order valence-corrected chi connectivity index (χ2v) is 7.40. The quantitative estimate of drug-likeness (QED) is 0.834. The van der Waals surface area contributed by atoms with Crippen molar-refractivity contribution in [3.8, 4) is 0 Å². The van der Waals surface area contributed by atoms with E-state index in [0.29, 0.717) is 31.2 Å². The summed E-state index contributed by atoms with van der Waals surface area (Å²) in [5, 5.41) is 5.82. The molecule has 2 N–H and O–H groups in total. The van der Waals surface area contributed by atoms with Gasteiger partial charge in [0.2, 0.25) is 0 Å². The Balaban J connectivity index is 1.45. The zero-order valence-electron chi connectivity index (χ0n) is 16.3. The lowest BCUT2D eigenvalue weighted by atomic mass is 9.96. The molecule has 148 valence electrons. The van der Waals surface area contributed by atoms with E-state index in [0.717, 1.165) is 29.5 Å². The van der Waals surface area contributed by atoms with Gasteiger partial charge in [0.05, 0.1) is 0 Å². The monoisotopic (exact) mass is 383 g/mol. The minimum Gasteiger partial charge on any atom is -0.352 e. The van der Waals surface area contributed by atoms with E-state index >= 15 is 0 Å². The minimum absolute atomic E-state index is 0.0438. The summed E-state index contributed by atoms with van der Waals surface area (Å²) < 4.78 is 12.9. The molecule has 0 unspecified atom stereocenters. The first kappa shape index (κ1) is 19.9. The molecule has 5 nitrogen and oxygen atoms in total. The van der Waals surface area contributed by atoms with Gasteiger partial charge in [-0.05, 0) is 68.5 Å². The van der Waals surface area contributed by atoms with Crippen LogP contribution in [-0.4, -0.2) is 36.5 Å². The normalized spacial score (nSPS) is 14.6. The number of piperidine rings is 1. The molecule has 2 aromatic rings. The SMILES string of the molecule is Cc1ccc(C)c(C(=O)NCC2CCN(C(=O)Nc3ccc(F)cc3)CC2)c1. The van der Waals surface area contributed by atoms with Crippen LogP contribution in [0.5, 0.6) is 0 Å². The average molecular weight is 383 g/mol. The molecule has 28 heavy (non-hydrogen) atoms. The van der Waals surface area contributed by atoms with Crippen LogP contribution >= 0.6 is 0 Å². The van der Waals surface area contributed by atoms with Crippen LogP contribution < -0.4 is 10.6 Å². The lowest BCUT2D eigenvalue weighted by Gasteiger charge is -2.32. The fraction of sp³-hybridized carbons (Fsp3) is 0.364. The van der Waals surface area contributed by atoms with Crippen molar-refractivity contribution in [2.24, 2.45) is 5.92 Å². The van der Waals surface area contributed by atoms with Crippen LogP contribution in [0.15, 0.2) is 42.5 Å². The number of carbonyl (C=O) groups is 2. The summed E-state index contributed by atoms with van der Waals surface area (Å²) in [4.78, 5) is 26.5. The summed E-state index contributed by atoms with van der Waals surface area (Å²) in [6.45, 7) is 5.79. The highest BCUT2D eigenvalue weighted by atomic mass is 19.1. The van der Waals surface area contributed by atoms with Gasteiger partial charge >= 0.3 is 6.03 Å². The van der Waals surface area contributed by atoms with E-state index in [2.05, 4.69) is 10.6 Å². The molecule has 1 fully saturated rings. The number of hydrogen-bond donors (Lipinski definition) is 2. The molecule has 2 aromatic carbocycles. The summed E-state index contributed by atoms with van der Waals surface area (Å²) in [5.41, 5.74) is 3.33. The summed E-state index contributed by atoms with van der Waals surface area (Å²) in [6.07, 6.45) is 1.67. The predicted molar refractivity (Wildman–Crippen MR) is 108 cm³/mol. The molecule has 0 aromatic heterocycles. The van der Waals surface area contributed by atoms with Crippen LogP contribution in [0.3, 0.4) is 0 Å². The van der Waals surface area contributed by atoms with Gasteiger partial charge in [-0.15, -0.1) is 0 Å². The van der Waals surface area contributed by atoms with E-state index in [1.54, 1.807) is 17.0 Å². The van der Waals surface area contributed by atoms with Crippen molar-refractivity contribution in [1.82, 2.24) is 10.2 Å². The maximum atomic E-state index is 12.9. The minimum atomic E-state index is -0.332. The smallest absolute Gasteiger partial charge is 0.321 e. The third-order valence-corrected chi connectivity index (χ3v) is 5.19. The highest BCUT2D eigenvalue weighted by molar-refractivity contribution is 5.95. The first-order valence-electron chi connectivity index (χ1n) is 9.59.